The lowest BCUT2D eigenvalue weighted by atomic mass is 9.55. The van der Waals surface area contributed by atoms with E-state index in [-0.39, 0.29) is 33.8 Å². The standard InChI is InChI=1S/C22H24N2O8.BrH.H2O/c1-7-8-5-4-6-9(25)11(8)16(26)12-10(7)17(27)14-15(24(2)3)18(28)13(21(23)31)20(30)22(14,32)19(12)29;;/h4-7,10,14-15,17,25,27-29,32H,1-3H3,(H2,23,31);1H;1H2/t7-,10+,14+,15-,17-,22-;;/m0../s1. The lowest BCUT2D eigenvalue weighted by molar-refractivity contribution is -0.162. The van der Waals surface area contributed by atoms with Gasteiger partial charge in [-0.15, -0.1) is 17.0 Å². The maximum atomic E-state index is 13.3. The van der Waals surface area contributed by atoms with Crippen LogP contribution in [-0.2, 0) is 9.59 Å². The molecular formula is C22H27BrN2O9. The number of Topliss-reactive ketones (excluding diaryl/α,β-unsaturated/α-hetero) is 2. The lowest BCUT2D eigenvalue weighted by Crippen LogP contribution is -2.68. The highest BCUT2D eigenvalue weighted by molar-refractivity contribution is 8.93. The second-order valence-corrected chi connectivity index (χ2v) is 8.79. The van der Waals surface area contributed by atoms with Crippen LogP contribution in [0, 0.1) is 11.8 Å². The second kappa shape index (κ2) is 8.78. The number of aromatic hydroxyl groups is 1. The van der Waals surface area contributed by atoms with Gasteiger partial charge in [0.25, 0.3) is 5.91 Å². The van der Waals surface area contributed by atoms with Crippen molar-refractivity contribution in [1.82, 2.24) is 4.90 Å². The average Bonchev–Trinajstić information content (AvgIpc) is 2.70. The van der Waals surface area contributed by atoms with Crippen molar-refractivity contribution in [2.24, 2.45) is 17.6 Å². The molecule has 6 atom stereocenters. The van der Waals surface area contributed by atoms with Crippen molar-refractivity contribution in [3.8, 4) is 5.75 Å². The van der Waals surface area contributed by atoms with E-state index in [4.69, 9.17) is 5.73 Å². The summed E-state index contributed by atoms with van der Waals surface area (Å²) >= 11 is 0. The van der Waals surface area contributed by atoms with E-state index < -0.39 is 75.6 Å². The molecule has 34 heavy (non-hydrogen) atoms. The van der Waals surface area contributed by atoms with Crippen LogP contribution >= 0.6 is 17.0 Å². The molecule has 3 aliphatic carbocycles. The van der Waals surface area contributed by atoms with Crippen molar-refractivity contribution in [1.29, 1.82) is 0 Å². The topological polar surface area (TPSA) is 213 Å². The number of nitrogens with zero attached hydrogens (tertiary/aromatic N) is 1. The molecular weight excluding hydrogens is 516 g/mol. The molecule has 9 N–H and O–H groups in total. The van der Waals surface area contributed by atoms with E-state index in [2.05, 4.69) is 0 Å². The van der Waals surface area contributed by atoms with E-state index >= 15 is 0 Å². The zero-order chi connectivity index (χ0) is 23.9. The number of hydrogen-bond donors (Lipinski definition) is 6. The summed E-state index contributed by atoms with van der Waals surface area (Å²) in [6, 6.07) is 3.17. The van der Waals surface area contributed by atoms with Gasteiger partial charge in [-0.1, -0.05) is 19.1 Å². The maximum absolute atomic E-state index is 13.3. The number of aliphatic hydroxyl groups excluding tert-OH is 3. The number of fused-ring (bicyclic) bond motifs is 3. The number of halogens is 1. The van der Waals surface area contributed by atoms with Gasteiger partial charge in [0.2, 0.25) is 5.78 Å². The Bertz CT molecular complexity index is 1150. The molecule has 0 fully saturated rings. The third-order valence-corrected chi connectivity index (χ3v) is 7.00. The first kappa shape index (κ1) is 27.5. The number of carbonyl (C=O) groups excluding carboxylic acids is 3. The van der Waals surface area contributed by atoms with E-state index in [0.717, 1.165) is 0 Å². The highest BCUT2D eigenvalue weighted by Gasteiger charge is 2.67. The molecule has 1 aromatic carbocycles. The van der Waals surface area contributed by atoms with E-state index in [1.54, 1.807) is 19.1 Å². The molecule has 11 nitrogen and oxygen atoms in total. The fourth-order valence-corrected chi connectivity index (χ4v) is 5.58. The average molecular weight is 543 g/mol. The van der Waals surface area contributed by atoms with Gasteiger partial charge < -0.3 is 36.7 Å². The molecule has 0 heterocycles. The van der Waals surface area contributed by atoms with Crippen LogP contribution in [0.2, 0.25) is 0 Å². The van der Waals surface area contributed by atoms with E-state index in [1.807, 2.05) is 0 Å². The van der Waals surface area contributed by atoms with Crippen LogP contribution in [0.15, 0.2) is 40.9 Å². The Balaban J connectivity index is 0.00000204. The first-order valence-corrected chi connectivity index (χ1v) is 10.0. The summed E-state index contributed by atoms with van der Waals surface area (Å²) in [4.78, 5) is 39.8. The number of nitrogens with two attached hydrogens (primary N) is 1. The summed E-state index contributed by atoms with van der Waals surface area (Å²) < 4.78 is 0. The third kappa shape index (κ3) is 3.21. The highest BCUT2D eigenvalue weighted by Crippen LogP contribution is 2.55. The quantitative estimate of drug-likeness (QED) is 0.263. The number of likely N-dealkylation sites (N-methyl/N-ethyl adjacent to an activating group) is 1. The van der Waals surface area contributed by atoms with Gasteiger partial charge in [0, 0.05) is 11.5 Å². The van der Waals surface area contributed by atoms with Gasteiger partial charge in [0.15, 0.2) is 11.4 Å². The maximum Gasteiger partial charge on any atom is 0.255 e. The number of ketones is 2. The minimum absolute atomic E-state index is 0. The number of amides is 1. The van der Waals surface area contributed by atoms with Gasteiger partial charge >= 0.3 is 0 Å². The number of phenolic OH excluding ortho intramolecular Hbond substituents is 1. The summed E-state index contributed by atoms with van der Waals surface area (Å²) in [7, 11) is 2.98. The Morgan fingerprint density at radius 2 is 1.74 bits per heavy atom. The van der Waals surface area contributed by atoms with Crippen LogP contribution in [0.4, 0.5) is 0 Å². The Morgan fingerprint density at radius 1 is 1.15 bits per heavy atom. The molecule has 0 unspecified atom stereocenters. The van der Waals surface area contributed by atoms with E-state index in [9.17, 15) is 39.9 Å². The SMILES string of the molecule is Br.C[C@H]1c2cccc(O)c2C(=O)C2=C(O)[C@]3(O)C(=O)C(C(N)=O)=C(O)[C@@H](N(C)C)[C@@H]3[C@@H](O)[C@@H]21.O. The second-order valence-electron chi connectivity index (χ2n) is 8.79. The number of rotatable bonds is 2. The zero-order valence-electron chi connectivity index (χ0n) is 18.5. The largest absolute Gasteiger partial charge is 0.510 e. The van der Waals surface area contributed by atoms with Gasteiger partial charge in [0.05, 0.1) is 23.6 Å². The monoisotopic (exact) mass is 542 g/mol. The van der Waals surface area contributed by atoms with Crippen LogP contribution in [0.25, 0.3) is 0 Å². The third-order valence-electron chi connectivity index (χ3n) is 7.00. The molecule has 0 aromatic heterocycles. The summed E-state index contributed by atoms with van der Waals surface area (Å²) in [5, 5.41) is 55.0. The van der Waals surface area contributed by atoms with Crippen molar-refractivity contribution in [3.05, 3.63) is 52.0 Å². The smallest absolute Gasteiger partial charge is 0.255 e. The Hall–Kier alpha value is -2.77. The van der Waals surface area contributed by atoms with Gasteiger partial charge in [-0.3, -0.25) is 19.3 Å². The molecule has 3 aliphatic rings. The Morgan fingerprint density at radius 3 is 2.26 bits per heavy atom. The molecule has 1 aromatic rings. The number of hydrogen-bond acceptors (Lipinski definition) is 9. The molecule has 0 spiro atoms. The normalized spacial score (nSPS) is 32.4. The Labute approximate surface area is 204 Å². The summed E-state index contributed by atoms with van der Waals surface area (Å²) in [5.41, 5.74) is 1.36. The Kier molecular flexibility index (Phi) is 7.10. The molecule has 186 valence electrons. The molecule has 0 bridgehead atoms. The molecule has 0 aliphatic heterocycles. The predicted octanol–water partition coefficient (Wildman–Crippen LogP) is -0.594. The first-order valence-electron chi connectivity index (χ1n) is 10.0. The highest BCUT2D eigenvalue weighted by atomic mass is 79.9. The van der Waals surface area contributed by atoms with Crippen LogP contribution < -0.4 is 5.73 Å². The summed E-state index contributed by atoms with van der Waals surface area (Å²) in [6.45, 7) is 1.68. The van der Waals surface area contributed by atoms with Gasteiger partial charge in [-0.2, -0.15) is 0 Å². The van der Waals surface area contributed by atoms with E-state index in [1.165, 1.54) is 25.1 Å². The molecule has 12 heteroatoms. The van der Waals surface area contributed by atoms with Crippen molar-refractivity contribution in [2.75, 3.05) is 14.1 Å². The molecule has 0 saturated heterocycles. The van der Waals surface area contributed by atoms with Gasteiger partial charge in [0.1, 0.15) is 22.8 Å². The predicted molar refractivity (Wildman–Crippen MR) is 124 cm³/mol. The lowest BCUT2D eigenvalue weighted by Gasteiger charge is -2.53. The number of primary amides is 1. The molecule has 4 rings (SSSR count). The van der Waals surface area contributed by atoms with Crippen molar-refractivity contribution in [2.45, 2.75) is 30.6 Å². The van der Waals surface area contributed by atoms with Crippen LogP contribution in [0.5, 0.6) is 5.75 Å². The number of benzene rings is 1. The van der Waals surface area contributed by atoms with E-state index in [0.29, 0.717) is 5.56 Å². The van der Waals surface area contributed by atoms with Crippen molar-refractivity contribution >= 4 is 34.5 Å². The minimum Gasteiger partial charge on any atom is -0.510 e. The molecule has 0 saturated carbocycles. The number of aliphatic hydroxyl groups is 4. The molecule has 1 amide bonds. The zero-order valence-corrected chi connectivity index (χ0v) is 20.2. The fourth-order valence-electron chi connectivity index (χ4n) is 5.58. The van der Waals surface area contributed by atoms with Crippen LogP contribution in [-0.4, -0.2) is 85.2 Å². The molecule has 0 radical (unpaired) electrons. The minimum atomic E-state index is -2.89. The van der Waals surface area contributed by atoms with Gasteiger partial charge in [-0.25, -0.2) is 0 Å². The number of carbonyl (C=O) groups is 3. The van der Waals surface area contributed by atoms with Crippen molar-refractivity contribution in [3.63, 3.8) is 0 Å². The first-order chi connectivity index (χ1) is 14.9. The van der Waals surface area contributed by atoms with Crippen LogP contribution in [0.3, 0.4) is 0 Å². The summed E-state index contributed by atoms with van der Waals surface area (Å²) in [6.07, 6.45) is -1.59. The van der Waals surface area contributed by atoms with Crippen molar-refractivity contribution < 1.29 is 45.4 Å². The van der Waals surface area contributed by atoms with Gasteiger partial charge in [-0.05, 0) is 31.6 Å². The summed E-state index contributed by atoms with van der Waals surface area (Å²) in [5.74, 6) is -8.86. The number of phenols is 1. The fraction of sp³-hybridized carbons (Fsp3) is 0.409. The van der Waals surface area contributed by atoms with Crippen LogP contribution in [0.1, 0.15) is 28.8 Å².